The zero-order valence-electron chi connectivity index (χ0n) is 7.53. The molecule has 0 atom stereocenters. The summed E-state index contributed by atoms with van der Waals surface area (Å²) in [5.41, 5.74) is 1.57. The van der Waals surface area contributed by atoms with E-state index in [2.05, 4.69) is 0 Å². The highest BCUT2D eigenvalue weighted by molar-refractivity contribution is 6.32. The first kappa shape index (κ1) is 9.87. The lowest BCUT2D eigenvalue weighted by molar-refractivity contribution is 0.343. The van der Waals surface area contributed by atoms with Crippen molar-refractivity contribution in [3.8, 4) is 5.75 Å². The molecule has 66 valence electrons. The summed E-state index contributed by atoms with van der Waals surface area (Å²) in [5.74, 6) is 0.713. The van der Waals surface area contributed by atoms with Gasteiger partial charge in [-0.15, -0.1) is 0 Å². The van der Waals surface area contributed by atoms with Gasteiger partial charge in [0.1, 0.15) is 13.6 Å². The molecule has 0 heterocycles. The molecule has 1 N–H and O–H groups in total. The Morgan fingerprint density at radius 3 is 2.92 bits per heavy atom. The van der Waals surface area contributed by atoms with Gasteiger partial charge in [-0.3, -0.25) is 0 Å². The summed E-state index contributed by atoms with van der Waals surface area (Å²) < 4.78 is 5.11. The molecule has 3 heteroatoms. The van der Waals surface area contributed by atoms with Crippen LogP contribution in [-0.4, -0.2) is 26.7 Å². The maximum absolute atomic E-state index is 8.59. The Morgan fingerprint density at radius 2 is 2.31 bits per heavy atom. The van der Waals surface area contributed by atoms with E-state index in [1.54, 1.807) is 31.4 Å². The van der Waals surface area contributed by atoms with Crippen LogP contribution in [0.5, 0.6) is 5.75 Å². The molecule has 0 spiro atoms. The molecule has 0 amide bonds. The Labute approximate surface area is 79.3 Å². The van der Waals surface area contributed by atoms with Gasteiger partial charge in [-0.25, -0.2) is 0 Å². The largest absolute Gasteiger partial charge is 0.496 e. The quantitative estimate of drug-likeness (QED) is 0.676. The fourth-order valence-corrected chi connectivity index (χ4v) is 1.05. The zero-order chi connectivity index (χ0) is 9.68. The zero-order valence-corrected chi connectivity index (χ0v) is 7.53. The van der Waals surface area contributed by atoms with E-state index >= 15 is 0 Å². The molecule has 0 unspecified atom stereocenters. The molecule has 0 aliphatic carbocycles. The average molecular weight is 174 g/mol. The van der Waals surface area contributed by atoms with E-state index in [4.69, 9.17) is 17.7 Å². The topological polar surface area (TPSA) is 29.5 Å². The predicted octanol–water partition coefficient (Wildman–Crippen LogP) is 0.494. The fourth-order valence-electron chi connectivity index (χ4n) is 1.05. The van der Waals surface area contributed by atoms with Crippen molar-refractivity contribution in [2.24, 2.45) is 0 Å². The Kier molecular flexibility index (Phi) is 3.59. The number of aliphatic hydroxyl groups excluding tert-OH is 1. The number of rotatable bonds is 3. The highest BCUT2D eigenvalue weighted by Gasteiger charge is 1.97. The van der Waals surface area contributed by atoms with Gasteiger partial charge in [0.05, 0.1) is 13.7 Å². The third-order valence-electron chi connectivity index (χ3n) is 1.66. The lowest BCUT2D eigenvalue weighted by atomic mass is 9.94. The molecule has 1 aromatic rings. The minimum Gasteiger partial charge on any atom is -0.496 e. The molecule has 0 aliphatic rings. The molecule has 0 saturated heterocycles. The average Bonchev–Trinajstić information content (AvgIpc) is 2.16. The van der Waals surface area contributed by atoms with E-state index in [1.165, 1.54) is 0 Å². The first-order valence-electron chi connectivity index (χ1n) is 3.99. The normalized spacial score (nSPS) is 10.6. The summed E-state index contributed by atoms with van der Waals surface area (Å²) in [7, 11) is 7.17. The Morgan fingerprint density at radius 1 is 1.54 bits per heavy atom. The minimum atomic E-state index is 0.0214. The van der Waals surface area contributed by atoms with Gasteiger partial charge in [0.15, 0.2) is 0 Å². The molecular formula is C10H11BO2. The van der Waals surface area contributed by atoms with Crippen molar-refractivity contribution >= 4 is 19.4 Å². The van der Waals surface area contributed by atoms with Crippen LogP contribution in [0, 0.1) is 0 Å². The molecule has 2 radical (unpaired) electrons. The Bertz CT molecular complexity index is 308. The van der Waals surface area contributed by atoms with Crippen molar-refractivity contribution in [2.45, 2.75) is 0 Å². The second-order valence-corrected chi connectivity index (χ2v) is 2.59. The van der Waals surface area contributed by atoms with Crippen molar-refractivity contribution < 1.29 is 9.84 Å². The Balaban J connectivity index is 2.99. The molecular weight excluding hydrogens is 163 g/mol. The van der Waals surface area contributed by atoms with Gasteiger partial charge in [0.2, 0.25) is 0 Å². The highest BCUT2D eigenvalue weighted by atomic mass is 16.5. The molecule has 1 aromatic carbocycles. The maximum atomic E-state index is 8.59. The first-order valence-corrected chi connectivity index (χ1v) is 3.99. The first-order chi connectivity index (χ1) is 6.27. The van der Waals surface area contributed by atoms with Crippen LogP contribution in [0.4, 0.5) is 0 Å². The molecule has 0 saturated carbocycles. The van der Waals surface area contributed by atoms with Gasteiger partial charge in [0, 0.05) is 5.56 Å². The van der Waals surface area contributed by atoms with Gasteiger partial charge in [0.25, 0.3) is 0 Å². The molecule has 0 fully saturated rings. The van der Waals surface area contributed by atoms with Crippen LogP contribution in [0.15, 0.2) is 24.3 Å². The maximum Gasteiger partial charge on any atom is 0.125 e. The second kappa shape index (κ2) is 4.72. The van der Waals surface area contributed by atoms with Gasteiger partial charge in [-0.05, 0) is 6.07 Å². The SMILES string of the molecule is [B]c1ccc(/C=C/CO)c(OC)c1. The smallest absolute Gasteiger partial charge is 0.125 e. The predicted molar refractivity (Wildman–Crippen MR) is 54.5 cm³/mol. The van der Waals surface area contributed by atoms with E-state index in [0.29, 0.717) is 11.2 Å². The van der Waals surface area contributed by atoms with E-state index in [9.17, 15) is 0 Å². The number of methoxy groups -OCH3 is 1. The van der Waals surface area contributed by atoms with Crippen molar-refractivity contribution in [1.82, 2.24) is 0 Å². The molecule has 0 bridgehead atoms. The monoisotopic (exact) mass is 174 g/mol. The molecule has 13 heavy (non-hydrogen) atoms. The van der Waals surface area contributed by atoms with Crippen LogP contribution in [-0.2, 0) is 0 Å². The van der Waals surface area contributed by atoms with Gasteiger partial charge >= 0.3 is 0 Å². The molecule has 2 nitrogen and oxygen atoms in total. The lowest BCUT2D eigenvalue weighted by Crippen LogP contribution is -2.02. The van der Waals surface area contributed by atoms with E-state index < -0.39 is 0 Å². The van der Waals surface area contributed by atoms with Crippen LogP contribution >= 0.6 is 0 Å². The summed E-state index contributed by atoms with van der Waals surface area (Å²) in [6, 6.07) is 5.39. The van der Waals surface area contributed by atoms with Crippen LogP contribution in [0.3, 0.4) is 0 Å². The standard InChI is InChI=1S/C10H11BO2/c1-13-10-7-9(11)5-4-8(10)3-2-6-12/h2-5,7,12H,6H2,1H3/b3-2+. The molecule has 0 aromatic heterocycles. The second-order valence-electron chi connectivity index (χ2n) is 2.59. The van der Waals surface area contributed by atoms with E-state index in [1.807, 2.05) is 6.07 Å². The number of hydrogen-bond acceptors (Lipinski definition) is 2. The third-order valence-corrected chi connectivity index (χ3v) is 1.66. The van der Waals surface area contributed by atoms with Crippen LogP contribution in [0.2, 0.25) is 0 Å². The molecule has 0 aliphatic heterocycles. The number of ether oxygens (including phenoxy) is 1. The number of aliphatic hydroxyl groups is 1. The summed E-state index contributed by atoms with van der Waals surface area (Å²) in [4.78, 5) is 0. The number of benzene rings is 1. The van der Waals surface area contributed by atoms with Crippen molar-refractivity contribution in [2.75, 3.05) is 13.7 Å². The van der Waals surface area contributed by atoms with Gasteiger partial charge < -0.3 is 9.84 Å². The lowest BCUT2D eigenvalue weighted by Gasteiger charge is -2.05. The van der Waals surface area contributed by atoms with Crippen LogP contribution < -0.4 is 10.2 Å². The summed E-state index contributed by atoms with van der Waals surface area (Å²) in [6.45, 7) is 0.0214. The van der Waals surface area contributed by atoms with E-state index in [-0.39, 0.29) is 6.61 Å². The van der Waals surface area contributed by atoms with Crippen molar-refractivity contribution in [3.05, 3.63) is 29.8 Å². The highest BCUT2D eigenvalue weighted by Crippen LogP contribution is 2.17. The van der Waals surface area contributed by atoms with Gasteiger partial charge in [-0.2, -0.15) is 0 Å². The summed E-state index contributed by atoms with van der Waals surface area (Å²) in [5, 5.41) is 8.59. The number of hydrogen-bond donors (Lipinski definition) is 1. The minimum absolute atomic E-state index is 0.0214. The van der Waals surface area contributed by atoms with Crippen LogP contribution in [0.1, 0.15) is 5.56 Å². The van der Waals surface area contributed by atoms with Crippen LogP contribution in [0.25, 0.3) is 6.08 Å². The summed E-state index contributed by atoms with van der Waals surface area (Å²) in [6.07, 6.45) is 3.44. The third kappa shape index (κ3) is 2.63. The van der Waals surface area contributed by atoms with Gasteiger partial charge in [-0.1, -0.05) is 29.7 Å². The summed E-state index contributed by atoms with van der Waals surface area (Å²) >= 11 is 0. The van der Waals surface area contributed by atoms with Crippen molar-refractivity contribution in [3.63, 3.8) is 0 Å². The van der Waals surface area contributed by atoms with Crippen molar-refractivity contribution in [1.29, 1.82) is 0 Å². The fraction of sp³-hybridized carbons (Fsp3) is 0.200. The Hall–Kier alpha value is -1.22. The van der Waals surface area contributed by atoms with E-state index in [0.717, 1.165) is 5.56 Å². The molecule has 1 rings (SSSR count).